The second kappa shape index (κ2) is 5.42. The molecule has 3 rings (SSSR count). The molecule has 0 aliphatic rings. The summed E-state index contributed by atoms with van der Waals surface area (Å²) in [6, 6.07) is 6.69. The summed E-state index contributed by atoms with van der Waals surface area (Å²) >= 11 is 6.01. The standard InChI is InChI=1S/C17H17ClN2O3/c1-9-15-13(23-20-9)8-14(18)19-16(15)22-10-5-6-12(21)11(7-10)17(2,3)4/h5-8,21H,1-4H3. The Balaban J connectivity index is 2.08. The lowest BCUT2D eigenvalue weighted by atomic mass is 9.86. The molecule has 0 fully saturated rings. The molecule has 1 aromatic carbocycles. The Morgan fingerprint density at radius 3 is 2.65 bits per heavy atom. The van der Waals surface area contributed by atoms with Gasteiger partial charge in [-0.25, -0.2) is 4.98 Å². The van der Waals surface area contributed by atoms with Crippen LogP contribution in [0.4, 0.5) is 0 Å². The highest BCUT2D eigenvalue weighted by Crippen LogP contribution is 2.37. The second-order valence-electron chi connectivity index (χ2n) is 6.42. The third kappa shape index (κ3) is 2.97. The topological polar surface area (TPSA) is 68.4 Å². The smallest absolute Gasteiger partial charge is 0.233 e. The van der Waals surface area contributed by atoms with Crippen LogP contribution >= 0.6 is 11.6 Å². The summed E-state index contributed by atoms with van der Waals surface area (Å²) in [5.41, 5.74) is 1.77. The van der Waals surface area contributed by atoms with Gasteiger partial charge in [-0.05, 0) is 30.5 Å². The van der Waals surface area contributed by atoms with Crippen molar-refractivity contribution in [2.75, 3.05) is 0 Å². The largest absolute Gasteiger partial charge is 0.508 e. The fraction of sp³-hybridized carbons (Fsp3) is 0.294. The predicted octanol–water partition coefficient (Wildman–Crippen LogP) is 4.98. The highest BCUT2D eigenvalue weighted by atomic mass is 35.5. The fourth-order valence-electron chi connectivity index (χ4n) is 2.40. The number of aromatic nitrogens is 2. The van der Waals surface area contributed by atoms with Gasteiger partial charge in [0.2, 0.25) is 5.88 Å². The molecule has 0 aliphatic carbocycles. The lowest BCUT2D eigenvalue weighted by Crippen LogP contribution is -2.11. The quantitative estimate of drug-likeness (QED) is 0.670. The van der Waals surface area contributed by atoms with Gasteiger partial charge in [0, 0.05) is 11.6 Å². The molecule has 0 atom stereocenters. The first-order valence-corrected chi connectivity index (χ1v) is 7.57. The number of pyridine rings is 1. The minimum atomic E-state index is -0.215. The number of phenolic OH excluding ortho intramolecular Hbond substituents is 1. The number of benzene rings is 1. The lowest BCUT2D eigenvalue weighted by molar-refractivity contribution is 0.434. The molecule has 0 radical (unpaired) electrons. The Morgan fingerprint density at radius 2 is 1.96 bits per heavy atom. The molecule has 3 aromatic rings. The Morgan fingerprint density at radius 1 is 1.22 bits per heavy atom. The van der Waals surface area contributed by atoms with E-state index in [1.807, 2.05) is 27.7 Å². The Bertz CT molecular complexity index is 881. The summed E-state index contributed by atoms with van der Waals surface area (Å²) in [4.78, 5) is 4.22. The summed E-state index contributed by atoms with van der Waals surface area (Å²) in [6.07, 6.45) is 0. The van der Waals surface area contributed by atoms with Crippen LogP contribution < -0.4 is 4.74 Å². The number of aryl methyl sites for hydroxylation is 1. The SMILES string of the molecule is Cc1noc2cc(Cl)nc(Oc3ccc(O)c(C(C)(C)C)c3)c12. The number of halogens is 1. The molecule has 1 N–H and O–H groups in total. The van der Waals surface area contributed by atoms with E-state index in [1.165, 1.54) is 0 Å². The van der Waals surface area contributed by atoms with Gasteiger partial charge in [-0.15, -0.1) is 0 Å². The van der Waals surface area contributed by atoms with E-state index in [-0.39, 0.29) is 16.3 Å². The summed E-state index contributed by atoms with van der Waals surface area (Å²) in [5.74, 6) is 1.12. The van der Waals surface area contributed by atoms with Gasteiger partial charge in [-0.3, -0.25) is 0 Å². The normalized spacial score (nSPS) is 11.9. The van der Waals surface area contributed by atoms with Crippen LogP contribution in [0.2, 0.25) is 5.15 Å². The first-order chi connectivity index (χ1) is 10.8. The van der Waals surface area contributed by atoms with Gasteiger partial charge < -0.3 is 14.4 Å². The van der Waals surface area contributed by atoms with Crippen LogP contribution in [-0.4, -0.2) is 15.2 Å². The zero-order chi connectivity index (χ0) is 16.8. The van der Waals surface area contributed by atoms with Crippen molar-refractivity contribution in [3.8, 4) is 17.4 Å². The Hall–Kier alpha value is -2.27. The van der Waals surface area contributed by atoms with Gasteiger partial charge in [-0.2, -0.15) is 0 Å². The number of fused-ring (bicyclic) bond motifs is 1. The van der Waals surface area contributed by atoms with Crippen molar-refractivity contribution in [3.63, 3.8) is 0 Å². The molecule has 23 heavy (non-hydrogen) atoms. The van der Waals surface area contributed by atoms with Crippen molar-refractivity contribution < 1.29 is 14.4 Å². The van der Waals surface area contributed by atoms with Gasteiger partial charge in [0.05, 0.1) is 5.69 Å². The molecule has 0 saturated heterocycles. The summed E-state index contributed by atoms with van der Waals surface area (Å²) in [7, 11) is 0. The van der Waals surface area contributed by atoms with Crippen LogP contribution in [0.1, 0.15) is 32.0 Å². The van der Waals surface area contributed by atoms with E-state index in [2.05, 4.69) is 10.1 Å². The predicted molar refractivity (Wildman–Crippen MR) is 88.4 cm³/mol. The van der Waals surface area contributed by atoms with Gasteiger partial charge in [0.1, 0.15) is 22.0 Å². The van der Waals surface area contributed by atoms with E-state index >= 15 is 0 Å². The van der Waals surface area contributed by atoms with Crippen LogP contribution in [0.3, 0.4) is 0 Å². The van der Waals surface area contributed by atoms with Crippen LogP contribution in [0.5, 0.6) is 17.4 Å². The molecule has 6 heteroatoms. The van der Waals surface area contributed by atoms with Gasteiger partial charge >= 0.3 is 0 Å². The lowest BCUT2D eigenvalue weighted by Gasteiger charge is -2.21. The number of hydrogen-bond donors (Lipinski definition) is 1. The van der Waals surface area contributed by atoms with Crippen LogP contribution in [-0.2, 0) is 5.41 Å². The third-order valence-electron chi connectivity index (χ3n) is 3.55. The van der Waals surface area contributed by atoms with Crippen molar-refractivity contribution in [1.29, 1.82) is 0 Å². The van der Waals surface area contributed by atoms with Gasteiger partial charge in [-0.1, -0.05) is 37.5 Å². The molecule has 0 saturated carbocycles. The Labute approximate surface area is 138 Å². The van der Waals surface area contributed by atoms with Crippen LogP contribution in [0.25, 0.3) is 11.0 Å². The average molecular weight is 333 g/mol. The van der Waals surface area contributed by atoms with Crippen molar-refractivity contribution in [1.82, 2.24) is 10.1 Å². The van der Waals surface area contributed by atoms with Crippen molar-refractivity contribution in [3.05, 3.63) is 40.7 Å². The molecule has 0 unspecified atom stereocenters. The van der Waals surface area contributed by atoms with E-state index in [9.17, 15) is 5.11 Å². The average Bonchev–Trinajstić information content (AvgIpc) is 2.81. The third-order valence-corrected chi connectivity index (χ3v) is 3.75. The van der Waals surface area contributed by atoms with E-state index < -0.39 is 0 Å². The molecule has 120 valence electrons. The van der Waals surface area contributed by atoms with E-state index in [0.717, 1.165) is 5.56 Å². The molecule has 0 aliphatic heterocycles. The summed E-state index contributed by atoms with van der Waals surface area (Å²) in [5, 5.41) is 14.9. The first-order valence-electron chi connectivity index (χ1n) is 7.19. The number of ether oxygens (including phenoxy) is 1. The molecule has 0 spiro atoms. The molecule has 2 heterocycles. The minimum absolute atomic E-state index is 0.215. The number of nitrogens with zero attached hydrogens (tertiary/aromatic N) is 2. The molecule has 5 nitrogen and oxygen atoms in total. The molecule has 0 amide bonds. The van der Waals surface area contributed by atoms with Crippen molar-refractivity contribution in [2.45, 2.75) is 33.1 Å². The van der Waals surface area contributed by atoms with E-state index in [1.54, 1.807) is 24.3 Å². The van der Waals surface area contributed by atoms with E-state index in [0.29, 0.717) is 28.3 Å². The molecule has 0 bridgehead atoms. The second-order valence-corrected chi connectivity index (χ2v) is 6.81. The van der Waals surface area contributed by atoms with Gasteiger partial charge in [0.25, 0.3) is 0 Å². The zero-order valence-corrected chi connectivity index (χ0v) is 14.1. The number of aromatic hydroxyl groups is 1. The maximum absolute atomic E-state index is 10.0. The van der Waals surface area contributed by atoms with Crippen LogP contribution in [0, 0.1) is 6.92 Å². The highest BCUT2D eigenvalue weighted by molar-refractivity contribution is 6.30. The number of phenols is 1. The highest BCUT2D eigenvalue weighted by Gasteiger charge is 2.20. The van der Waals surface area contributed by atoms with Crippen molar-refractivity contribution in [2.24, 2.45) is 0 Å². The first kappa shape index (κ1) is 15.6. The maximum atomic E-state index is 10.0. The minimum Gasteiger partial charge on any atom is -0.508 e. The van der Waals surface area contributed by atoms with E-state index in [4.69, 9.17) is 20.9 Å². The fourth-order valence-corrected chi connectivity index (χ4v) is 2.58. The van der Waals surface area contributed by atoms with Crippen molar-refractivity contribution >= 4 is 22.6 Å². The maximum Gasteiger partial charge on any atom is 0.233 e. The van der Waals surface area contributed by atoms with Gasteiger partial charge in [0.15, 0.2) is 5.58 Å². The summed E-state index contributed by atoms with van der Waals surface area (Å²) < 4.78 is 11.1. The number of rotatable bonds is 2. The molecular formula is C17H17ClN2O3. The summed E-state index contributed by atoms with van der Waals surface area (Å²) in [6.45, 7) is 7.87. The van der Waals surface area contributed by atoms with Crippen LogP contribution in [0.15, 0.2) is 28.8 Å². The molecule has 2 aromatic heterocycles. The number of hydrogen-bond acceptors (Lipinski definition) is 5. The molecular weight excluding hydrogens is 316 g/mol. The Kier molecular flexibility index (Phi) is 3.68. The zero-order valence-electron chi connectivity index (χ0n) is 13.3. The monoisotopic (exact) mass is 332 g/mol.